The molecule has 0 radical (unpaired) electrons. The third kappa shape index (κ3) is 11.5. The molecule has 3 aromatic rings. The number of hydrogen-bond acceptors (Lipinski definition) is 9. The number of ether oxygens (including phenoxy) is 1. The summed E-state index contributed by atoms with van der Waals surface area (Å²) in [5.41, 5.74) is 1.80. The van der Waals surface area contributed by atoms with Crippen LogP contribution in [0.25, 0.3) is 10.8 Å². The highest BCUT2D eigenvalue weighted by Gasteiger charge is 2.38. The quantitative estimate of drug-likeness (QED) is 0.138. The molecular formula is C41H57N5O7S. The number of benzene rings is 2. The summed E-state index contributed by atoms with van der Waals surface area (Å²) in [6.45, 7) is 4.85. The van der Waals surface area contributed by atoms with E-state index in [1.54, 1.807) is 10.4 Å². The Labute approximate surface area is 322 Å². The first-order chi connectivity index (χ1) is 25.9. The Morgan fingerprint density at radius 1 is 0.963 bits per heavy atom. The Bertz CT molecular complexity index is 1680. The van der Waals surface area contributed by atoms with Gasteiger partial charge in [0, 0.05) is 38.4 Å². The predicted octanol–water partition coefficient (Wildman–Crippen LogP) is 3.77. The lowest BCUT2D eigenvalue weighted by Gasteiger charge is -2.35. The number of aliphatic hydroxyl groups excluding tert-OH is 1. The number of rotatable bonds is 17. The van der Waals surface area contributed by atoms with Crippen molar-refractivity contribution in [2.24, 2.45) is 17.8 Å². The van der Waals surface area contributed by atoms with Crippen LogP contribution < -0.4 is 16.0 Å². The zero-order chi connectivity index (χ0) is 38.7. The molecule has 2 aromatic carbocycles. The summed E-state index contributed by atoms with van der Waals surface area (Å²) in [4.78, 5) is 61.4. The van der Waals surface area contributed by atoms with Crippen LogP contribution in [0.2, 0.25) is 0 Å². The van der Waals surface area contributed by atoms with Gasteiger partial charge in [-0.1, -0.05) is 74.6 Å². The van der Waals surface area contributed by atoms with Crippen LogP contribution in [0.5, 0.6) is 0 Å². The summed E-state index contributed by atoms with van der Waals surface area (Å²) in [6.07, 6.45) is 4.84. The van der Waals surface area contributed by atoms with Gasteiger partial charge in [0.15, 0.2) is 0 Å². The third-order valence-corrected chi connectivity index (χ3v) is 11.7. The number of hydrogen-bond donors (Lipinski definition) is 5. The summed E-state index contributed by atoms with van der Waals surface area (Å²) in [7, 11) is 1.49. The van der Waals surface area contributed by atoms with Crippen molar-refractivity contribution in [3.63, 3.8) is 0 Å². The lowest BCUT2D eigenvalue weighted by molar-refractivity contribution is -0.140. The van der Waals surface area contributed by atoms with Crippen LogP contribution in [0.4, 0.5) is 0 Å². The van der Waals surface area contributed by atoms with Crippen LogP contribution in [0.1, 0.15) is 76.5 Å². The Hall–Kier alpha value is -3.91. The van der Waals surface area contributed by atoms with Crippen LogP contribution in [-0.4, -0.2) is 101 Å². The Morgan fingerprint density at radius 2 is 1.69 bits per heavy atom. The van der Waals surface area contributed by atoms with E-state index in [0.717, 1.165) is 48.4 Å². The van der Waals surface area contributed by atoms with Gasteiger partial charge in [0.2, 0.25) is 23.6 Å². The van der Waals surface area contributed by atoms with Crippen molar-refractivity contribution >= 4 is 45.7 Å². The van der Waals surface area contributed by atoms with E-state index in [9.17, 15) is 29.4 Å². The van der Waals surface area contributed by atoms with Gasteiger partial charge in [-0.05, 0) is 55.4 Å². The lowest BCUT2D eigenvalue weighted by Crippen LogP contribution is -2.56. The van der Waals surface area contributed by atoms with Crippen molar-refractivity contribution in [3.05, 3.63) is 64.6 Å². The molecule has 1 aliphatic heterocycles. The van der Waals surface area contributed by atoms with E-state index in [4.69, 9.17) is 4.74 Å². The van der Waals surface area contributed by atoms with Gasteiger partial charge in [0.25, 0.3) is 0 Å². The fourth-order valence-corrected chi connectivity index (χ4v) is 8.44. The van der Waals surface area contributed by atoms with Crippen molar-refractivity contribution in [2.45, 2.75) is 102 Å². The highest BCUT2D eigenvalue weighted by molar-refractivity contribution is 7.07. The molecule has 0 spiro atoms. The molecular weight excluding hydrogens is 707 g/mol. The molecule has 54 heavy (non-hydrogen) atoms. The molecule has 2 aliphatic rings. The topological polar surface area (TPSA) is 170 Å². The molecule has 2 fully saturated rings. The van der Waals surface area contributed by atoms with Gasteiger partial charge < -0.3 is 35.8 Å². The zero-order valence-corrected chi connectivity index (χ0v) is 32.6. The van der Waals surface area contributed by atoms with E-state index in [1.807, 2.05) is 47.8 Å². The first-order valence-electron chi connectivity index (χ1n) is 19.3. The highest BCUT2D eigenvalue weighted by Crippen LogP contribution is 2.31. The van der Waals surface area contributed by atoms with Gasteiger partial charge in [0.1, 0.15) is 6.04 Å². The van der Waals surface area contributed by atoms with E-state index in [1.165, 1.54) is 32.2 Å². The number of thiazole rings is 1. The molecule has 5 unspecified atom stereocenters. The van der Waals surface area contributed by atoms with Crippen molar-refractivity contribution in [3.8, 4) is 0 Å². The molecule has 294 valence electrons. The number of morpholine rings is 1. The van der Waals surface area contributed by atoms with Gasteiger partial charge in [-0.15, -0.1) is 11.3 Å². The maximum Gasteiger partial charge on any atom is 0.243 e. The monoisotopic (exact) mass is 763 g/mol. The summed E-state index contributed by atoms with van der Waals surface area (Å²) < 4.78 is 5.45. The van der Waals surface area contributed by atoms with E-state index >= 15 is 0 Å². The third-order valence-electron chi connectivity index (χ3n) is 11.0. The van der Waals surface area contributed by atoms with E-state index in [0.29, 0.717) is 38.4 Å². The van der Waals surface area contributed by atoms with Crippen molar-refractivity contribution in [1.29, 1.82) is 0 Å². The normalized spacial score (nSPS) is 18.3. The maximum absolute atomic E-state index is 14.4. The number of carbonyl (C=O) groups excluding carboxylic acids is 4. The van der Waals surface area contributed by atoms with E-state index < -0.39 is 53.3 Å². The minimum absolute atomic E-state index is 0.0407. The molecule has 1 aliphatic carbocycles. The molecule has 4 amide bonds. The molecule has 1 saturated carbocycles. The molecule has 2 heterocycles. The summed E-state index contributed by atoms with van der Waals surface area (Å²) >= 11 is 1.38. The summed E-state index contributed by atoms with van der Waals surface area (Å²) in [6, 6.07) is 12.1. The largest absolute Gasteiger partial charge is 0.391 e. The number of aliphatic hydroxyl groups is 2. The maximum atomic E-state index is 14.4. The van der Waals surface area contributed by atoms with Gasteiger partial charge in [0.05, 0.1) is 54.0 Å². The number of carbonyl (C=O) groups is 4. The molecule has 5 rings (SSSR count). The van der Waals surface area contributed by atoms with Gasteiger partial charge in [-0.25, -0.2) is 4.98 Å². The Balaban J connectivity index is 1.40. The fourth-order valence-electron chi connectivity index (χ4n) is 7.87. The average Bonchev–Trinajstić information content (AvgIpc) is 3.69. The number of amides is 4. The van der Waals surface area contributed by atoms with Crippen LogP contribution in [-0.2, 0) is 36.8 Å². The van der Waals surface area contributed by atoms with Crippen LogP contribution in [0.3, 0.4) is 0 Å². The molecule has 1 saturated heterocycles. The van der Waals surface area contributed by atoms with E-state index in [2.05, 4.69) is 20.9 Å². The first kappa shape index (κ1) is 41.3. The number of fused-ring (bicyclic) bond motifs is 1. The van der Waals surface area contributed by atoms with E-state index in [-0.39, 0.29) is 37.5 Å². The number of nitrogens with zero attached hydrogens (tertiary/aromatic N) is 2. The fraction of sp³-hybridized carbons (Fsp3) is 0.585. The molecule has 5 atom stereocenters. The van der Waals surface area contributed by atoms with Crippen LogP contribution in [0, 0.1) is 17.8 Å². The minimum atomic E-state index is -1.42. The van der Waals surface area contributed by atoms with Crippen molar-refractivity contribution in [2.75, 3.05) is 33.4 Å². The number of nitrogens with one attached hydrogen (secondary N) is 3. The Morgan fingerprint density at radius 3 is 2.37 bits per heavy atom. The van der Waals surface area contributed by atoms with Crippen LogP contribution >= 0.6 is 11.3 Å². The smallest absolute Gasteiger partial charge is 0.243 e. The molecule has 5 N–H and O–H groups in total. The molecule has 12 nitrogen and oxygen atoms in total. The van der Waals surface area contributed by atoms with Gasteiger partial charge in [-0.2, -0.15) is 0 Å². The minimum Gasteiger partial charge on any atom is -0.391 e. The lowest BCUT2D eigenvalue weighted by atomic mass is 9.80. The second-order valence-corrected chi connectivity index (χ2v) is 16.2. The second-order valence-electron chi connectivity index (χ2n) is 15.5. The van der Waals surface area contributed by atoms with Gasteiger partial charge in [-0.3, -0.25) is 19.2 Å². The van der Waals surface area contributed by atoms with Crippen molar-refractivity contribution < 1.29 is 34.1 Å². The second kappa shape index (κ2) is 19.6. The van der Waals surface area contributed by atoms with Crippen LogP contribution in [0.15, 0.2) is 53.4 Å². The predicted molar refractivity (Wildman–Crippen MR) is 209 cm³/mol. The van der Waals surface area contributed by atoms with Crippen molar-refractivity contribution in [1.82, 2.24) is 25.8 Å². The number of aromatic nitrogens is 1. The standard InChI is InChI=1S/C41H57N5O7S/c1-41(2,52)33(39(50)42-3)24-36(47)34(20-27-10-5-4-6-11-27)44-40(51)35(23-31-25-54-26-43-31)45-38(49)30(22-37(48)46-16-18-53-19-17-46)21-29-14-9-13-28-12-7-8-15-32(28)29/h7-9,12-15,25-27,30,33-36,47,52H,4-6,10-11,16-24H2,1-3H3,(H,42,50)(H,44,51)(H,45,49). The summed E-state index contributed by atoms with van der Waals surface area (Å²) in [5, 5.41) is 35.1. The SMILES string of the molecule is CNC(=O)C(CC(O)C(CC1CCCCC1)NC(=O)C(Cc1cscn1)NC(=O)C(CC(=O)N1CCOCC1)Cc1cccc2ccccc12)C(C)(C)O. The molecule has 0 bridgehead atoms. The summed E-state index contributed by atoms with van der Waals surface area (Å²) in [5.74, 6) is -2.89. The average molecular weight is 764 g/mol. The molecule has 1 aromatic heterocycles. The highest BCUT2D eigenvalue weighted by atomic mass is 32.1. The first-order valence-corrected chi connectivity index (χ1v) is 20.3. The van der Waals surface area contributed by atoms with Gasteiger partial charge >= 0.3 is 0 Å². The zero-order valence-electron chi connectivity index (χ0n) is 31.8. The Kier molecular flexibility index (Phi) is 15.0. The molecule has 13 heteroatoms.